The van der Waals surface area contributed by atoms with Crippen LogP contribution in [0, 0.1) is 0 Å². The Bertz CT molecular complexity index is 833. The molecule has 0 fully saturated rings. The Hall–Kier alpha value is -2.14. The summed E-state index contributed by atoms with van der Waals surface area (Å²) in [6.45, 7) is -0.0303. The number of nitrogens with zero attached hydrogens (tertiary/aromatic N) is 1. The summed E-state index contributed by atoms with van der Waals surface area (Å²) in [6, 6.07) is 14.1. The van der Waals surface area contributed by atoms with Crippen LogP contribution in [0.3, 0.4) is 0 Å². The van der Waals surface area contributed by atoms with E-state index in [2.05, 4.69) is 15.9 Å². The zero-order chi connectivity index (χ0) is 14.1. The molecule has 0 saturated heterocycles. The molecule has 0 aliphatic rings. The van der Waals surface area contributed by atoms with Gasteiger partial charge in [-0.15, -0.1) is 0 Å². The topological polar surface area (TPSA) is 52.2 Å². The highest BCUT2D eigenvalue weighted by Gasteiger charge is 2.13. The van der Waals surface area contributed by atoms with E-state index < -0.39 is 5.76 Å². The molecule has 2 aromatic carbocycles. The van der Waals surface area contributed by atoms with E-state index in [4.69, 9.17) is 4.42 Å². The number of carbonyl (C=O) groups is 1. The SMILES string of the molecule is O=C(Cn1c(=O)oc2cc(Br)ccc21)c1ccccc1. The van der Waals surface area contributed by atoms with Crippen molar-refractivity contribution in [1.82, 2.24) is 4.57 Å². The van der Waals surface area contributed by atoms with Crippen LogP contribution in [0.5, 0.6) is 0 Å². The van der Waals surface area contributed by atoms with E-state index in [9.17, 15) is 9.59 Å². The minimum atomic E-state index is -0.526. The molecule has 3 rings (SSSR count). The van der Waals surface area contributed by atoms with E-state index in [1.807, 2.05) is 6.07 Å². The first kappa shape index (κ1) is 12.9. The quantitative estimate of drug-likeness (QED) is 0.692. The monoisotopic (exact) mass is 331 g/mol. The summed E-state index contributed by atoms with van der Waals surface area (Å²) in [5.41, 5.74) is 1.65. The van der Waals surface area contributed by atoms with Crippen molar-refractivity contribution in [2.45, 2.75) is 6.54 Å². The highest BCUT2D eigenvalue weighted by Crippen LogP contribution is 2.19. The second kappa shape index (κ2) is 5.09. The van der Waals surface area contributed by atoms with Gasteiger partial charge in [-0.3, -0.25) is 9.36 Å². The Morgan fingerprint density at radius 3 is 2.65 bits per heavy atom. The highest BCUT2D eigenvalue weighted by atomic mass is 79.9. The number of hydrogen-bond acceptors (Lipinski definition) is 3. The number of fused-ring (bicyclic) bond motifs is 1. The number of carbonyl (C=O) groups excluding carboxylic acids is 1. The first-order valence-corrected chi connectivity index (χ1v) is 6.81. The molecule has 4 nitrogen and oxygen atoms in total. The van der Waals surface area contributed by atoms with E-state index in [1.54, 1.807) is 42.5 Å². The summed E-state index contributed by atoms with van der Waals surface area (Å²) >= 11 is 3.32. The van der Waals surface area contributed by atoms with Crippen LogP contribution in [-0.2, 0) is 6.54 Å². The Morgan fingerprint density at radius 1 is 1.15 bits per heavy atom. The second-order valence-electron chi connectivity index (χ2n) is 4.36. The molecule has 0 radical (unpaired) electrons. The van der Waals surface area contributed by atoms with Crippen LogP contribution < -0.4 is 5.76 Å². The van der Waals surface area contributed by atoms with Crippen molar-refractivity contribution in [2.75, 3.05) is 0 Å². The molecule has 3 aromatic rings. The molecule has 0 aliphatic carbocycles. The van der Waals surface area contributed by atoms with Gasteiger partial charge in [0.2, 0.25) is 0 Å². The van der Waals surface area contributed by atoms with Crippen molar-refractivity contribution < 1.29 is 9.21 Å². The third kappa shape index (κ3) is 2.32. The average Bonchev–Trinajstić information content (AvgIpc) is 2.75. The fourth-order valence-corrected chi connectivity index (χ4v) is 2.39. The molecule has 0 aliphatic heterocycles. The minimum absolute atomic E-state index is 0.0303. The van der Waals surface area contributed by atoms with Gasteiger partial charge in [0.25, 0.3) is 0 Å². The van der Waals surface area contributed by atoms with Crippen molar-refractivity contribution >= 4 is 32.8 Å². The summed E-state index contributed by atoms with van der Waals surface area (Å²) in [5.74, 6) is -0.652. The van der Waals surface area contributed by atoms with Crippen LogP contribution >= 0.6 is 15.9 Å². The van der Waals surface area contributed by atoms with Gasteiger partial charge in [0.1, 0.15) is 0 Å². The van der Waals surface area contributed by atoms with Gasteiger partial charge in [0.15, 0.2) is 11.4 Å². The van der Waals surface area contributed by atoms with Crippen molar-refractivity contribution in [1.29, 1.82) is 0 Å². The fraction of sp³-hybridized carbons (Fsp3) is 0.0667. The van der Waals surface area contributed by atoms with Crippen LogP contribution in [0.15, 0.2) is 62.2 Å². The standard InChI is InChI=1S/C15H10BrNO3/c16-11-6-7-12-14(8-11)20-15(19)17(12)9-13(18)10-4-2-1-3-5-10/h1-8H,9H2. The molecule has 1 heterocycles. The molecule has 0 N–H and O–H groups in total. The van der Waals surface area contributed by atoms with Crippen LogP contribution in [0.2, 0.25) is 0 Å². The zero-order valence-corrected chi connectivity index (χ0v) is 12.0. The van der Waals surface area contributed by atoms with Gasteiger partial charge in [0, 0.05) is 10.0 Å². The Morgan fingerprint density at radius 2 is 1.90 bits per heavy atom. The molecule has 0 bridgehead atoms. The van der Waals surface area contributed by atoms with Crippen LogP contribution in [0.25, 0.3) is 11.1 Å². The summed E-state index contributed by atoms with van der Waals surface area (Å²) in [5, 5.41) is 0. The molecule has 1 aromatic heterocycles. The van der Waals surface area contributed by atoms with E-state index in [1.165, 1.54) is 4.57 Å². The molecule has 0 unspecified atom stereocenters. The first-order chi connectivity index (χ1) is 9.65. The number of benzene rings is 2. The van der Waals surface area contributed by atoms with E-state index >= 15 is 0 Å². The van der Waals surface area contributed by atoms with Crippen molar-refractivity contribution in [2.24, 2.45) is 0 Å². The van der Waals surface area contributed by atoms with E-state index in [0.717, 1.165) is 4.47 Å². The van der Waals surface area contributed by atoms with Crippen molar-refractivity contribution in [3.8, 4) is 0 Å². The largest absolute Gasteiger partial charge is 0.420 e. The lowest BCUT2D eigenvalue weighted by Crippen LogP contribution is -2.20. The Balaban J connectivity index is 2.01. The lowest BCUT2D eigenvalue weighted by Gasteiger charge is -2.02. The second-order valence-corrected chi connectivity index (χ2v) is 5.27. The summed E-state index contributed by atoms with van der Waals surface area (Å²) < 4.78 is 7.31. The molecule has 100 valence electrons. The fourth-order valence-electron chi connectivity index (χ4n) is 2.05. The number of Topliss-reactive ketones (excluding diaryl/α,β-unsaturated/α-hetero) is 1. The molecule has 0 saturated carbocycles. The van der Waals surface area contributed by atoms with Gasteiger partial charge < -0.3 is 4.42 Å². The molecule has 0 atom stereocenters. The number of aromatic nitrogens is 1. The van der Waals surface area contributed by atoms with Crippen molar-refractivity contribution in [3.05, 3.63) is 69.1 Å². The number of rotatable bonds is 3. The molecular formula is C15H10BrNO3. The number of halogens is 1. The first-order valence-electron chi connectivity index (χ1n) is 6.02. The molecule has 0 spiro atoms. The number of oxazole rings is 1. The van der Waals surface area contributed by atoms with Gasteiger partial charge in [0.05, 0.1) is 12.1 Å². The third-order valence-corrected chi connectivity index (χ3v) is 3.52. The van der Waals surface area contributed by atoms with Crippen LogP contribution in [0.1, 0.15) is 10.4 Å². The predicted molar refractivity (Wildman–Crippen MR) is 78.9 cm³/mol. The van der Waals surface area contributed by atoms with Gasteiger partial charge in [-0.25, -0.2) is 4.79 Å². The lowest BCUT2D eigenvalue weighted by atomic mass is 10.1. The molecular weight excluding hydrogens is 322 g/mol. The lowest BCUT2D eigenvalue weighted by molar-refractivity contribution is 0.0970. The van der Waals surface area contributed by atoms with E-state index in [0.29, 0.717) is 16.7 Å². The van der Waals surface area contributed by atoms with Crippen molar-refractivity contribution in [3.63, 3.8) is 0 Å². The highest BCUT2D eigenvalue weighted by molar-refractivity contribution is 9.10. The number of ketones is 1. The van der Waals surface area contributed by atoms with Gasteiger partial charge in [-0.2, -0.15) is 0 Å². The maximum Gasteiger partial charge on any atom is 0.420 e. The molecule has 20 heavy (non-hydrogen) atoms. The summed E-state index contributed by atoms with van der Waals surface area (Å²) in [7, 11) is 0. The maximum atomic E-state index is 12.2. The molecule has 5 heteroatoms. The van der Waals surface area contributed by atoms with Gasteiger partial charge in [-0.05, 0) is 18.2 Å². The third-order valence-electron chi connectivity index (χ3n) is 3.03. The zero-order valence-electron chi connectivity index (χ0n) is 10.4. The maximum absolute atomic E-state index is 12.2. The predicted octanol–water partition coefficient (Wildman–Crippen LogP) is 3.24. The van der Waals surface area contributed by atoms with Gasteiger partial charge >= 0.3 is 5.76 Å². The Kier molecular flexibility index (Phi) is 3.28. The number of hydrogen-bond donors (Lipinski definition) is 0. The van der Waals surface area contributed by atoms with E-state index in [-0.39, 0.29) is 12.3 Å². The molecule has 0 amide bonds. The van der Waals surface area contributed by atoms with Crippen LogP contribution in [0.4, 0.5) is 0 Å². The van der Waals surface area contributed by atoms with Gasteiger partial charge in [-0.1, -0.05) is 46.3 Å². The summed E-state index contributed by atoms with van der Waals surface area (Å²) in [6.07, 6.45) is 0. The van der Waals surface area contributed by atoms with Crippen LogP contribution in [-0.4, -0.2) is 10.4 Å². The average molecular weight is 332 g/mol. The summed E-state index contributed by atoms with van der Waals surface area (Å²) in [4.78, 5) is 24.0. The minimum Gasteiger partial charge on any atom is -0.408 e. The smallest absolute Gasteiger partial charge is 0.408 e. The normalized spacial score (nSPS) is 10.8. The Labute approximate surface area is 122 Å².